The first kappa shape index (κ1) is 20.8. The lowest BCUT2D eigenvalue weighted by Gasteiger charge is -2.26. The highest BCUT2D eigenvalue weighted by molar-refractivity contribution is 7.89. The molecule has 4 rings (SSSR count). The molecule has 3 heterocycles. The van der Waals surface area contributed by atoms with E-state index in [9.17, 15) is 13.2 Å². The number of amides is 1. The van der Waals surface area contributed by atoms with Gasteiger partial charge in [-0.05, 0) is 62.4 Å². The van der Waals surface area contributed by atoms with Crippen molar-refractivity contribution < 1.29 is 13.2 Å². The van der Waals surface area contributed by atoms with Crippen molar-refractivity contribution in [2.75, 3.05) is 36.4 Å². The van der Waals surface area contributed by atoms with Crippen LogP contribution in [0.25, 0.3) is 0 Å². The molecule has 2 saturated heterocycles. The van der Waals surface area contributed by atoms with Gasteiger partial charge in [0.05, 0.1) is 4.90 Å². The molecule has 1 aromatic heterocycles. The van der Waals surface area contributed by atoms with Crippen molar-refractivity contribution in [2.24, 2.45) is 0 Å². The van der Waals surface area contributed by atoms with E-state index in [-0.39, 0.29) is 10.8 Å². The number of hydrogen-bond donors (Lipinski definition) is 1. The summed E-state index contributed by atoms with van der Waals surface area (Å²) in [5.41, 5.74) is 2.44. The molecule has 0 spiro atoms. The number of pyridine rings is 1. The molecule has 2 fully saturated rings. The predicted molar refractivity (Wildman–Crippen MR) is 117 cm³/mol. The Labute approximate surface area is 178 Å². The maximum atomic E-state index is 13.1. The lowest BCUT2D eigenvalue weighted by Crippen LogP contribution is -2.36. The summed E-state index contributed by atoms with van der Waals surface area (Å²) in [5, 5.41) is 2.82. The highest BCUT2D eigenvalue weighted by atomic mass is 32.2. The van der Waals surface area contributed by atoms with E-state index in [0.29, 0.717) is 30.0 Å². The van der Waals surface area contributed by atoms with Gasteiger partial charge in [0.2, 0.25) is 10.0 Å². The van der Waals surface area contributed by atoms with E-state index in [1.165, 1.54) is 0 Å². The number of aromatic nitrogens is 1. The first-order valence-corrected chi connectivity index (χ1v) is 12.0. The molecular formula is C22H28N4O3S. The van der Waals surface area contributed by atoms with E-state index < -0.39 is 10.0 Å². The van der Waals surface area contributed by atoms with Crippen molar-refractivity contribution in [1.29, 1.82) is 0 Å². The van der Waals surface area contributed by atoms with Crippen molar-refractivity contribution in [3.8, 4) is 0 Å². The van der Waals surface area contributed by atoms with Crippen molar-refractivity contribution in [3.63, 3.8) is 0 Å². The van der Waals surface area contributed by atoms with Crippen molar-refractivity contribution in [2.45, 2.75) is 43.9 Å². The van der Waals surface area contributed by atoms with Gasteiger partial charge in [0.1, 0.15) is 5.69 Å². The highest BCUT2D eigenvalue weighted by Crippen LogP contribution is 2.26. The molecule has 0 radical (unpaired) electrons. The Morgan fingerprint density at radius 3 is 2.40 bits per heavy atom. The molecule has 2 aromatic rings. The maximum Gasteiger partial charge on any atom is 0.274 e. The zero-order chi connectivity index (χ0) is 21.1. The fourth-order valence-electron chi connectivity index (χ4n) is 4.11. The number of anilines is 2. The lowest BCUT2D eigenvalue weighted by molar-refractivity contribution is 0.102. The molecule has 0 unspecified atom stereocenters. The SMILES string of the molecule is Cc1ccc(NC(=O)c2cc(N3CCCC3)ccn2)cc1S(=O)(=O)N1CCCCC1. The Hall–Kier alpha value is -2.45. The molecule has 8 heteroatoms. The van der Waals surface area contributed by atoms with E-state index >= 15 is 0 Å². The van der Waals surface area contributed by atoms with Gasteiger partial charge >= 0.3 is 0 Å². The first-order valence-electron chi connectivity index (χ1n) is 10.6. The summed E-state index contributed by atoms with van der Waals surface area (Å²) in [6.07, 6.45) is 6.78. The number of hydrogen-bond acceptors (Lipinski definition) is 5. The number of sulfonamides is 1. The number of nitrogens with zero attached hydrogens (tertiary/aromatic N) is 3. The van der Waals surface area contributed by atoms with Gasteiger partial charge in [-0.15, -0.1) is 0 Å². The number of rotatable bonds is 5. The van der Waals surface area contributed by atoms with E-state index in [4.69, 9.17) is 0 Å². The normalized spacial score (nSPS) is 17.8. The molecule has 1 aromatic carbocycles. The van der Waals surface area contributed by atoms with Gasteiger partial charge in [0, 0.05) is 43.8 Å². The second kappa shape index (κ2) is 8.73. The van der Waals surface area contributed by atoms with Gasteiger partial charge in [-0.1, -0.05) is 12.5 Å². The standard InChI is InChI=1S/C22H28N4O3S/c1-17-7-8-18(15-21(17)30(28,29)26-13-3-2-4-14-26)24-22(27)20-16-19(9-10-23-20)25-11-5-6-12-25/h7-10,15-16H,2-6,11-14H2,1H3,(H,24,27). The third-order valence-electron chi connectivity index (χ3n) is 5.83. The molecule has 1 amide bonds. The van der Waals surface area contributed by atoms with Crippen molar-refractivity contribution in [3.05, 3.63) is 47.8 Å². The lowest BCUT2D eigenvalue weighted by atomic mass is 10.2. The largest absolute Gasteiger partial charge is 0.371 e. The molecule has 0 saturated carbocycles. The summed E-state index contributed by atoms with van der Waals surface area (Å²) in [7, 11) is -3.57. The van der Waals surface area contributed by atoms with Crippen molar-refractivity contribution in [1.82, 2.24) is 9.29 Å². The number of aryl methyl sites for hydroxylation is 1. The van der Waals surface area contributed by atoms with Crippen LogP contribution in [0, 0.1) is 6.92 Å². The zero-order valence-electron chi connectivity index (χ0n) is 17.3. The second-order valence-corrected chi connectivity index (χ2v) is 9.90. The number of nitrogens with one attached hydrogen (secondary N) is 1. The molecule has 7 nitrogen and oxygen atoms in total. The van der Waals surface area contributed by atoms with Crippen LogP contribution in [0.5, 0.6) is 0 Å². The topological polar surface area (TPSA) is 82.6 Å². The summed E-state index contributed by atoms with van der Waals surface area (Å²) >= 11 is 0. The Morgan fingerprint density at radius 1 is 0.967 bits per heavy atom. The minimum atomic E-state index is -3.57. The molecule has 30 heavy (non-hydrogen) atoms. The third kappa shape index (κ3) is 4.34. The highest BCUT2D eigenvalue weighted by Gasteiger charge is 2.27. The molecule has 2 aliphatic rings. The maximum absolute atomic E-state index is 13.1. The van der Waals surface area contributed by atoms with Gasteiger partial charge in [0.25, 0.3) is 5.91 Å². The average Bonchev–Trinajstić information content (AvgIpc) is 3.31. The Bertz CT molecular complexity index is 1030. The van der Waals surface area contributed by atoms with Crippen LogP contribution in [0.4, 0.5) is 11.4 Å². The predicted octanol–water partition coefficient (Wildman–Crippen LogP) is 3.42. The van der Waals surface area contributed by atoms with E-state index in [2.05, 4.69) is 15.2 Å². The monoisotopic (exact) mass is 428 g/mol. The van der Waals surface area contributed by atoms with Crippen LogP contribution >= 0.6 is 0 Å². The van der Waals surface area contributed by atoms with Crippen LogP contribution in [0.2, 0.25) is 0 Å². The molecule has 160 valence electrons. The van der Waals surface area contributed by atoms with Gasteiger partial charge < -0.3 is 10.2 Å². The van der Waals surface area contributed by atoms with Crippen LogP contribution in [-0.4, -0.2) is 49.8 Å². The molecule has 0 bridgehead atoms. The molecule has 1 N–H and O–H groups in total. The average molecular weight is 429 g/mol. The number of benzene rings is 1. The van der Waals surface area contributed by atoms with E-state index in [1.54, 1.807) is 41.7 Å². The van der Waals surface area contributed by atoms with E-state index in [0.717, 1.165) is 50.9 Å². The second-order valence-electron chi connectivity index (χ2n) is 7.99. The number of carbonyl (C=O) groups excluding carboxylic acids is 1. The van der Waals surface area contributed by atoms with Gasteiger partial charge in [-0.2, -0.15) is 4.31 Å². The zero-order valence-corrected chi connectivity index (χ0v) is 18.1. The van der Waals surface area contributed by atoms with Gasteiger partial charge in [-0.25, -0.2) is 8.42 Å². The summed E-state index contributed by atoms with van der Waals surface area (Å²) < 4.78 is 27.8. The minimum absolute atomic E-state index is 0.251. The van der Waals surface area contributed by atoms with Crippen molar-refractivity contribution >= 4 is 27.3 Å². The van der Waals surface area contributed by atoms with Crippen LogP contribution in [-0.2, 0) is 10.0 Å². The van der Waals surface area contributed by atoms with E-state index in [1.807, 2.05) is 6.07 Å². The third-order valence-corrected chi connectivity index (χ3v) is 7.87. The van der Waals surface area contributed by atoms with Crippen LogP contribution < -0.4 is 10.2 Å². The Morgan fingerprint density at radius 2 is 1.67 bits per heavy atom. The smallest absolute Gasteiger partial charge is 0.274 e. The number of piperidine rings is 1. The summed E-state index contributed by atoms with van der Waals surface area (Å²) in [6.45, 7) is 4.85. The first-order chi connectivity index (χ1) is 14.4. The quantitative estimate of drug-likeness (QED) is 0.789. The van der Waals surface area contributed by atoms with Crippen LogP contribution in [0.3, 0.4) is 0 Å². The molecule has 2 aliphatic heterocycles. The van der Waals surface area contributed by atoms with Crippen LogP contribution in [0.15, 0.2) is 41.4 Å². The summed E-state index contributed by atoms with van der Waals surface area (Å²) in [6, 6.07) is 8.73. The molecule has 0 atom stereocenters. The molecule has 0 aliphatic carbocycles. The summed E-state index contributed by atoms with van der Waals surface area (Å²) in [5.74, 6) is -0.346. The number of carbonyl (C=O) groups is 1. The van der Waals surface area contributed by atoms with Gasteiger partial charge in [0.15, 0.2) is 0 Å². The minimum Gasteiger partial charge on any atom is -0.371 e. The molecular weight excluding hydrogens is 400 g/mol. The fourth-order valence-corrected chi connectivity index (χ4v) is 5.88. The Balaban J connectivity index is 1.54. The fraction of sp³-hybridized carbons (Fsp3) is 0.455. The summed E-state index contributed by atoms with van der Waals surface area (Å²) in [4.78, 5) is 19.5. The van der Waals surface area contributed by atoms with Gasteiger partial charge in [-0.3, -0.25) is 9.78 Å². The Kier molecular flexibility index (Phi) is 6.06. The van der Waals surface area contributed by atoms with Crippen LogP contribution in [0.1, 0.15) is 48.2 Å².